The molecule has 1 heterocycles. The predicted octanol–water partition coefficient (Wildman–Crippen LogP) is 2.27. The van der Waals surface area contributed by atoms with Crippen LogP contribution in [0.1, 0.15) is 0 Å². The molecule has 0 fully saturated rings. The van der Waals surface area contributed by atoms with E-state index in [1.54, 1.807) is 34.5 Å². The van der Waals surface area contributed by atoms with Crippen LogP contribution in [0.4, 0.5) is 0 Å². The van der Waals surface area contributed by atoms with Crippen LogP contribution in [0.2, 0.25) is 0 Å². The van der Waals surface area contributed by atoms with Gasteiger partial charge in [0.25, 0.3) is 0 Å². The fourth-order valence-electron chi connectivity index (χ4n) is 1.83. The first-order valence-electron chi connectivity index (χ1n) is 5.38. The Kier molecular flexibility index (Phi) is 3.41. The summed E-state index contributed by atoms with van der Waals surface area (Å²) in [5.74, 6) is 2.32. The molecule has 0 N–H and O–H groups in total. The molecule has 0 amide bonds. The van der Waals surface area contributed by atoms with Crippen LogP contribution in [0.25, 0.3) is 10.9 Å². The highest BCUT2D eigenvalue weighted by molar-refractivity contribution is 5.92. The van der Waals surface area contributed by atoms with E-state index in [-0.39, 0.29) is 0 Å². The molecule has 0 saturated heterocycles. The molecule has 0 aliphatic rings. The minimum atomic E-state index is 0.464. The van der Waals surface area contributed by atoms with E-state index in [1.165, 1.54) is 0 Å². The highest BCUT2D eigenvalue weighted by Crippen LogP contribution is 2.39. The van der Waals surface area contributed by atoms with Gasteiger partial charge in [-0.15, -0.1) is 0 Å². The largest absolute Gasteiger partial charge is 0.496 e. The number of ether oxygens (including phenoxy) is 4. The Morgan fingerprint density at radius 3 is 2.11 bits per heavy atom. The lowest BCUT2D eigenvalue weighted by molar-refractivity contribution is 0.356. The number of rotatable bonds is 4. The zero-order valence-corrected chi connectivity index (χ0v) is 10.8. The maximum Gasteiger partial charge on any atom is 0.217 e. The third-order valence-corrected chi connectivity index (χ3v) is 2.69. The van der Waals surface area contributed by atoms with E-state index in [0.29, 0.717) is 28.6 Å². The first-order chi connectivity index (χ1) is 8.74. The van der Waals surface area contributed by atoms with Gasteiger partial charge in [0.2, 0.25) is 5.88 Å². The van der Waals surface area contributed by atoms with E-state index < -0.39 is 0 Å². The third kappa shape index (κ3) is 1.88. The summed E-state index contributed by atoms with van der Waals surface area (Å²) >= 11 is 0. The lowest BCUT2D eigenvalue weighted by Crippen LogP contribution is -1.97. The average Bonchev–Trinajstić information content (AvgIpc) is 2.44. The highest BCUT2D eigenvalue weighted by Gasteiger charge is 2.15. The molecule has 5 nitrogen and oxygen atoms in total. The summed E-state index contributed by atoms with van der Waals surface area (Å²) in [6.07, 6.45) is 0. The van der Waals surface area contributed by atoms with E-state index in [9.17, 15) is 0 Å². The molecule has 0 spiro atoms. The summed E-state index contributed by atoms with van der Waals surface area (Å²) in [5.41, 5.74) is 0.646. The number of aromatic nitrogens is 1. The molecule has 0 aliphatic heterocycles. The van der Waals surface area contributed by atoms with Crippen LogP contribution in [-0.4, -0.2) is 33.4 Å². The second-order valence-corrected chi connectivity index (χ2v) is 3.56. The summed E-state index contributed by atoms with van der Waals surface area (Å²) in [4.78, 5) is 4.37. The molecule has 0 unspecified atom stereocenters. The van der Waals surface area contributed by atoms with Crippen molar-refractivity contribution in [3.05, 3.63) is 18.2 Å². The molecule has 96 valence electrons. The molecule has 1 aromatic carbocycles. The molecule has 0 saturated carbocycles. The van der Waals surface area contributed by atoms with Crippen molar-refractivity contribution in [2.24, 2.45) is 0 Å². The van der Waals surface area contributed by atoms with Crippen LogP contribution in [0.15, 0.2) is 18.2 Å². The summed E-state index contributed by atoms with van der Waals surface area (Å²) in [5, 5.41) is 0.843. The number of hydrogen-bond donors (Lipinski definition) is 0. The van der Waals surface area contributed by atoms with Crippen LogP contribution in [0.5, 0.6) is 23.1 Å². The quantitative estimate of drug-likeness (QED) is 0.832. The Morgan fingerprint density at radius 1 is 0.833 bits per heavy atom. The highest BCUT2D eigenvalue weighted by atomic mass is 16.5. The van der Waals surface area contributed by atoms with Gasteiger partial charge >= 0.3 is 0 Å². The van der Waals surface area contributed by atoms with Gasteiger partial charge in [0, 0.05) is 11.5 Å². The summed E-state index contributed by atoms with van der Waals surface area (Å²) in [6.45, 7) is 0. The first kappa shape index (κ1) is 12.3. The smallest absolute Gasteiger partial charge is 0.217 e. The molecule has 2 aromatic rings. The lowest BCUT2D eigenvalue weighted by Gasteiger charge is -2.13. The van der Waals surface area contributed by atoms with Gasteiger partial charge in [-0.1, -0.05) is 0 Å². The van der Waals surface area contributed by atoms with E-state index in [4.69, 9.17) is 18.9 Å². The molecule has 18 heavy (non-hydrogen) atoms. The number of methoxy groups -OCH3 is 4. The Morgan fingerprint density at radius 2 is 1.56 bits per heavy atom. The van der Waals surface area contributed by atoms with Crippen LogP contribution in [-0.2, 0) is 0 Å². The predicted molar refractivity (Wildman–Crippen MR) is 68.0 cm³/mol. The molecule has 0 radical (unpaired) electrons. The van der Waals surface area contributed by atoms with E-state index >= 15 is 0 Å². The zero-order valence-electron chi connectivity index (χ0n) is 10.8. The molecule has 5 heteroatoms. The van der Waals surface area contributed by atoms with Crippen molar-refractivity contribution in [3.63, 3.8) is 0 Å². The number of hydrogen-bond acceptors (Lipinski definition) is 5. The van der Waals surface area contributed by atoms with Crippen molar-refractivity contribution in [1.82, 2.24) is 4.98 Å². The number of nitrogens with zero attached hydrogens (tertiary/aromatic N) is 1. The Balaban J connectivity index is 2.81. The molecule has 0 atom stereocenters. The van der Waals surface area contributed by atoms with Crippen LogP contribution < -0.4 is 18.9 Å². The van der Waals surface area contributed by atoms with Gasteiger partial charge in [0.05, 0.1) is 28.4 Å². The van der Waals surface area contributed by atoms with Crippen molar-refractivity contribution < 1.29 is 18.9 Å². The van der Waals surface area contributed by atoms with Gasteiger partial charge in [-0.3, -0.25) is 0 Å². The van der Waals surface area contributed by atoms with Crippen LogP contribution in [0, 0.1) is 0 Å². The molecule has 0 bridgehead atoms. The van der Waals surface area contributed by atoms with Gasteiger partial charge in [0.15, 0.2) is 11.5 Å². The van der Waals surface area contributed by atoms with Crippen LogP contribution in [0.3, 0.4) is 0 Å². The minimum absolute atomic E-state index is 0.464. The first-order valence-corrected chi connectivity index (χ1v) is 5.38. The van der Waals surface area contributed by atoms with Gasteiger partial charge < -0.3 is 18.9 Å². The Hall–Kier alpha value is -2.17. The van der Waals surface area contributed by atoms with Crippen molar-refractivity contribution in [1.29, 1.82) is 0 Å². The summed E-state index contributed by atoms with van der Waals surface area (Å²) in [7, 11) is 6.32. The third-order valence-electron chi connectivity index (χ3n) is 2.69. The monoisotopic (exact) mass is 249 g/mol. The van der Waals surface area contributed by atoms with Crippen molar-refractivity contribution in [2.75, 3.05) is 28.4 Å². The molecule has 2 rings (SSSR count). The minimum Gasteiger partial charge on any atom is -0.496 e. The van der Waals surface area contributed by atoms with Crippen molar-refractivity contribution >= 4 is 10.9 Å². The Bertz CT molecular complexity index is 568. The normalized spacial score (nSPS) is 10.2. The second-order valence-electron chi connectivity index (χ2n) is 3.56. The molecule has 1 aromatic heterocycles. The van der Waals surface area contributed by atoms with E-state index in [1.807, 2.05) is 12.1 Å². The van der Waals surface area contributed by atoms with Gasteiger partial charge in [0.1, 0.15) is 11.3 Å². The van der Waals surface area contributed by atoms with Crippen molar-refractivity contribution in [3.8, 4) is 23.1 Å². The summed E-state index contributed by atoms with van der Waals surface area (Å²) in [6, 6.07) is 5.42. The maximum atomic E-state index is 5.35. The zero-order chi connectivity index (χ0) is 13.1. The van der Waals surface area contributed by atoms with Gasteiger partial charge in [-0.05, 0) is 12.1 Å². The van der Waals surface area contributed by atoms with E-state index in [2.05, 4.69) is 4.98 Å². The van der Waals surface area contributed by atoms with E-state index in [0.717, 1.165) is 5.39 Å². The lowest BCUT2D eigenvalue weighted by atomic mass is 10.1. The van der Waals surface area contributed by atoms with Crippen LogP contribution >= 0.6 is 0 Å². The van der Waals surface area contributed by atoms with Gasteiger partial charge in [-0.25, -0.2) is 4.98 Å². The fourth-order valence-corrected chi connectivity index (χ4v) is 1.83. The topological polar surface area (TPSA) is 49.8 Å². The Labute approximate surface area is 105 Å². The van der Waals surface area contributed by atoms with Crippen molar-refractivity contribution in [2.45, 2.75) is 0 Å². The molecule has 0 aliphatic carbocycles. The number of pyridine rings is 1. The SMILES string of the molecule is COc1cc(OC)c2ccc(OC)c(OC)c2n1. The standard InChI is InChI=1S/C13H15NO4/c1-15-9-6-5-8-10(16-2)7-11(17-3)14-12(8)13(9)18-4/h5-7H,1-4H3. The maximum absolute atomic E-state index is 5.35. The average molecular weight is 249 g/mol. The molecular formula is C13H15NO4. The second kappa shape index (κ2) is 5.00. The van der Waals surface area contributed by atoms with Gasteiger partial charge in [-0.2, -0.15) is 0 Å². The fraction of sp³-hybridized carbons (Fsp3) is 0.308. The molecular weight excluding hydrogens is 234 g/mol. The summed E-state index contributed by atoms with van der Waals surface area (Å²) < 4.78 is 21.1. The number of fused-ring (bicyclic) bond motifs is 1. The number of benzene rings is 1.